The first-order valence-electron chi connectivity index (χ1n) is 9.20. The van der Waals surface area contributed by atoms with E-state index < -0.39 is 12.1 Å². The van der Waals surface area contributed by atoms with Crippen molar-refractivity contribution in [2.75, 3.05) is 13.6 Å². The van der Waals surface area contributed by atoms with Crippen LogP contribution in [0.2, 0.25) is 0 Å². The topological polar surface area (TPSA) is 96.4 Å². The molecule has 148 valence electrons. The number of amides is 1. The molecule has 0 aliphatic carbocycles. The Hall–Kier alpha value is -3.66. The maximum absolute atomic E-state index is 12.9. The summed E-state index contributed by atoms with van der Waals surface area (Å²) in [5, 5.41) is 9.29. The van der Waals surface area contributed by atoms with E-state index >= 15 is 0 Å². The maximum atomic E-state index is 12.9. The van der Waals surface area contributed by atoms with Gasteiger partial charge in [0.2, 0.25) is 0 Å². The summed E-state index contributed by atoms with van der Waals surface area (Å²) in [6, 6.07) is 14.4. The van der Waals surface area contributed by atoms with Gasteiger partial charge in [0.25, 0.3) is 5.91 Å². The number of hydrogen-bond donors (Lipinski definition) is 0. The molecule has 1 atom stereocenters. The molecule has 1 amide bonds. The predicted molar refractivity (Wildman–Crippen MR) is 107 cm³/mol. The monoisotopic (exact) mass is 391 g/mol. The number of likely N-dealkylation sites (N-methyl/N-ethyl adjacent to an activating group) is 1. The third kappa shape index (κ3) is 4.43. The van der Waals surface area contributed by atoms with Crippen LogP contribution in [0.1, 0.15) is 29.5 Å². The normalized spacial score (nSPS) is 11.7. The molecule has 0 N–H and O–H groups in total. The zero-order chi connectivity index (χ0) is 21.0. The number of aryl methyl sites for hydroxylation is 1. The van der Waals surface area contributed by atoms with Gasteiger partial charge in [0.05, 0.1) is 23.6 Å². The lowest BCUT2D eigenvalue weighted by atomic mass is 10.1. The number of hydrogen-bond acceptors (Lipinski definition) is 6. The number of rotatable bonds is 6. The van der Waals surface area contributed by atoms with Crippen LogP contribution in [0, 0.1) is 18.3 Å². The van der Waals surface area contributed by atoms with E-state index in [2.05, 4.69) is 4.98 Å². The van der Waals surface area contributed by atoms with Gasteiger partial charge >= 0.3 is 5.97 Å². The summed E-state index contributed by atoms with van der Waals surface area (Å²) < 4.78 is 11.1. The fraction of sp³-hybridized carbons (Fsp3) is 0.273. The van der Waals surface area contributed by atoms with Crippen molar-refractivity contribution in [1.82, 2.24) is 9.88 Å². The molecule has 7 heteroatoms. The molecule has 0 unspecified atom stereocenters. The van der Waals surface area contributed by atoms with Gasteiger partial charge in [0, 0.05) is 19.0 Å². The van der Waals surface area contributed by atoms with E-state index in [0.29, 0.717) is 27.9 Å². The summed E-state index contributed by atoms with van der Waals surface area (Å²) in [7, 11) is 1.57. The smallest absolute Gasteiger partial charge is 0.339 e. The number of ether oxygens (including phenoxy) is 1. The lowest BCUT2D eigenvalue weighted by Gasteiger charge is -2.20. The molecule has 3 aromatic rings. The number of pyridine rings is 1. The Morgan fingerprint density at radius 1 is 1.28 bits per heavy atom. The minimum atomic E-state index is -0.979. The number of carbonyl (C=O) groups is 2. The zero-order valence-corrected chi connectivity index (χ0v) is 16.5. The Bertz CT molecular complexity index is 1100. The Labute approximate surface area is 168 Å². The third-order valence-electron chi connectivity index (χ3n) is 4.50. The number of furan rings is 1. The molecule has 2 heterocycles. The van der Waals surface area contributed by atoms with Crippen LogP contribution in [0.3, 0.4) is 0 Å². The molecular weight excluding hydrogens is 370 g/mol. The second-order valence-corrected chi connectivity index (χ2v) is 6.70. The number of fused-ring (bicyclic) bond motifs is 1. The largest absolute Gasteiger partial charge is 0.460 e. The summed E-state index contributed by atoms with van der Waals surface area (Å²) >= 11 is 0. The lowest BCUT2D eigenvalue weighted by Crippen LogP contribution is -2.37. The van der Waals surface area contributed by atoms with E-state index in [9.17, 15) is 9.59 Å². The summed E-state index contributed by atoms with van der Waals surface area (Å²) in [6.07, 6.45) is -0.767. The molecule has 0 fully saturated rings. The van der Waals surface area contributed by atoms with Crippen LogP contribution >= 0.6 is 0 Å². The van der Waals surface area contributed by atoms with Crippen LogP contribution in [0.15, 0.2) is 46.9 Å². The SMILES string of the molecule is Cc1ccc(-c2cc(C(=O)O[C@H](C)C(=O)N(C)CCC#N)c3ccccc3n2)o1. The first-order valence-corrected chi connectivity index (χ1v) is 9.20. The van der Waals surface area contributed by atoms with E-state index in [0.717, 1.165) is 5.76 Å². The summed E-state index contributed by atoms with van der Waals surface area (Å²) in [5.74, 6) is 0.290. The second-order valence-electron chi connectivity index (χ2n) is 6.70. The third-order valence-corrected chi connectivity index (χ3v) is 4.50. The molecule has 1 aromatic carbocycles. The highest BCUT2D eigenvalue weighted by Gasteiger charge is 2.24. The number of carbonyl (C=O) groups excluding carboxylic acids is 2. The zero-order valence-electron chi connectivity index (χ0n) is 16.5. The van der Waals surface area contributed by atoms with Crippen molar-refractivity contribution in [2.24, 2.45) is 0 Å². The van der Waals surface area contributed by atoms with E-state index in [1.165, 1.54) is 11.8 Å². The average molecular weight is 391 g/mol. The fourth-order valence-electron chi connectivity index (χ4n) is 2.96. The average Bonchev–Trinajstić information content (AvgIpc) is 3.16. The highest BCUT2D eigenvalue weighted by Crippen LogP contribution is 2.27. The maximum Gasteiger partial charge on any atom is 0.339 e. The van der Waals surface area contributed by atoms with Crippen molar-refractivity contribution in [3.05, 3.63) is 53.8 Å². The van der Waals surface area contributed by atoms with E-state index in [1.54, 1.807) is 31.3 Å². The van der Waals surface area contributed by atoms with Crippen molar-refractivity contribution in [3.63, 3.8) is 0 Å². The molecule has 7 nitrogen and oxygen atoms in total. The van der Waals surface area contributed by atoms with Crippen LogP contribution in [-0.2, 0) is 9.53 Å². The van der Waals surface area contributed by atoms with E-state index in [4.69, 9.17) is 14.4 Å². The van der Waals surface area contributed by atoms with E-state index in [-0.39, 0.29) is 18.9 Å². The summed E-state index contributed by atoms with van der Waals surface area (Å²) in [4.78, 5) is 31.2. The fourth-order valence-corrected chi connectivity index (χ4v) is 2.96. The predicted octanol–water partition coefficient (Wildman–Crippen LogP) is 3.72. The molecule has 0 spiro atoms. The van der Waals surface area contributed by atoms with Gasteiger partial charge in [0.15, 0.2) is 11.9 Å². The van der Waals surface area contributed by atoms with Crippen molar-refractivity contribution < 1.29 is 18.7 Å². The quantitative estimate of drug-likeness (QED) is 0.594. The van der Waals surface area contributed by atoms with Crippen LogP contribution in [0.4, 0.5) is 0 Å². The Morgan fingerprint density at radius 2 is 2.03 bits per heavy atom. The summed E-state index contributed by atoms with van der Waals surface area (Å²) in [6.45, 7) is 3.62. The number of esters is 1. The second kappa shape index (κ2) is 8.57. The Balaban J connectivity index is 1.90. The molecule has 0 radical (unpaired) electrons. The first kappa shape index (κ1) is 20.1. The van der Waals surface area contributed by atoms with Crippen molar-refractivity contribution >= 4 is 22.8 Å². The highest BCUT2D eigenvalue weighted by atomic mass is 16.5. The summed E-state index contributed by atoms with van der Waals surface area (Å²) in [5.41, 5.74) is 1.43. The van der Waals surface area contributed by atoms with Crippen molar-refractivity contribution in [3.8, 4) is 17.5 Å². The van der Waals surface area contributed by atoms with Crippen molar-refractivity contribution in [1.29, 1.82) is 5.26 Å². The number of nitriles is 1. The Kier molecular flexibility index (Phi) is 5.93. The molecule has 0 aliphatic heterocycles. The minimum Gasteiger partial charge on any atom is -0.460 e. The molecule has 2 aromatic heterocycles. The van der Waals surface area contributed by atoms with Gasteiger partial charge in [-0.15, -0.1) is 0 Å². The minimum absolute atomic E-state index is 0.212. The molecular formula is C22H21N3O4. The molecule has 0 bridgehead atoms. The highest BCUT2D eigenvalue weighted by molar-refractivity contribution is 6.05. The van der Waals surface area contributed by atoms with Crippen LogP contribution < -0.4 is 0 Å². The van der Waals surface area contributed by atoms with Gasteiger partial charge in [-0.05, 0) is 38.1 Å². The molecule has 29 heavy (non-hydrogen) atoms. The molecule has 0 saturated carbocycles. The lowest BCUT2D eigenvalue weighted by molar-refractivity contribution is -0.138. The molecule has 0 saturated heterocycles. The number of aromatic nitrogens is 1. The standard InChI is InChI=1S/C22H21N3O4/c1-14-9-10-20(28-14)19-13-17(16-7-4-5-8-18(16)24-19)22(27)29-15(2)21(26)25(3)12-6-11-23/h4-5,7-10,13,15H,6,12H2,1-3H3/t15-/m1/s1. The van der Waals surface area contributed by atoms with Gasteiger partial charge < -0.3 is 14.1 Å². The van der Waals surface area contributed by atoms with Gasteiger partial charge in [-0.1, -0.05) is 18.2 Å². The number of nitrogens with zero attached hydrogens (tertiary/aromatic N) is 3. The van der Waals surface area contributed by atoms with Crippen molar-refractivity contribution in [2.45, 2.75) is 26.4 Å². The van der Waals surface area contributed by atoms with Gasteiger partial charge in [-0.25, -0.2) is 9.78 Å². The first-order chi connectivity index (χ1) is 13.9. The number of para-hydroxylation sites is 1. The van der Waals surface area contributed by atoms with Crippen LogP contribution in [0.5, 0.6) is 0 Å². The van der Waals surface area contributed by atoms with Crippen LogP contribution in [-0.4, -0.2) is 41.5 Å². The molecule has 3 rings (SSSR count). The molecule has 0 aliphatic rings. The van der Waals surface area contributed by atoms with Gasteiger partial charge in [0.1, 0.15) is 11.5 Å². The number of benzene rings is 1. The van der Waals surface area contributed by atoms with Crippen LogP contribution in [0.25, 0.3) is 22.4 Å². The van der Waals surface area contributed by atoms with Gasteiger partial charge in [-0.2, -0.15) is 5.26 Å². The van der Waals surface area contributed by atoms with E-state index in [1.807, 2.05) is 31.2 Å². The van der Waals surface area contributed by atoms with Gasteiger partial charge in [-0.3, -0.25) is 4.79 Å². The Morgan fingerprint density at radius 3 is 2.72 bits per heavy atom.